The second-order valence-electron chi connectivity index (χ2n) is 6.15. The quantitative estimate of drug-likeness (QED) is 0.595. The van der Waals surface area contributed by atoms with Gasteiger partial charge in [0.2, 0.25) is 5.91 Å². The van der Waals surface area contributed by atoms with Gasteiger partial charge in [-0.1, -0.05) is 6.07 Å². The van der Waals surface area contributed by atoms with Gasteiger partial charge in [-0.2, -0.15) is 0 Å². The number of hydrogen-bond donors (Lipinski definition) is 2. The highest BCUT2D eigenvalue weighted by atomic mass is 19.1. The maximum Gasteiger partial charge on any atom is 0.254 e. The highest BCUT2D eigenvalue weighted by Crippen LogP contribution is 2.28. The summed E-state index contributed by atoms with van der Waals surface area (Å²) in [4.78, 5) is 23.8. The minimum Gasteiger partial charge on any atom is -0.493 e. The van der Waals surface area contributed by atoms with Crippen LogP contribution in [0.25, 0.3) is 0 Å². The van der Waals surface area contributed by atoms with Gasteiger partial charge in [-0.3, -0.25) is 9.59 Å². The molecule has 0 bridgehead atoms. The van der Waals surface area contributed by atoms with Gasteiger partial charge in [0.05, 0.1) is 19.3 Å². The predicted molar refractivity (Wildman–Crippen MR) is 104 cm³/mol. The van der Waals surface area contributed by atoms with E-state index in [2.05, 4.69) is 10.6 Å². The van der Waals surface area contributed by atoms with E-state index in [-0.39, 0.29) is 31.0 Å². The van der Waals surface area contributed by atoms with Crippen LogP contribution in [0.5, 0.6) is 11.5 Å². The monoisotopic (exact) mass is 406 g/mol. The lowest BCUT2D eigenvalue weighted by Gasteiger charge is -2.11. The van der Waals surface area contributed by atoms with Crippen LogP contribution in [-0.4, -0.2) is 38.6 Å². The van der Waals surface area contributed by atoms with Crippen molar-refractivity contribution in [3.63, 3.8) is 0 Å². The standard InChI is InChI=1S/C21H24F2N2O4/c1-3-29-18-8-4-14(12-19(18)28-2)5-9-20(26)24-10-11-25-21(27)16-7-6-15(22)13-17(16)23/h4,6-8,12-13H,3,5,9-11H2,1-2H3,(H,24,26)(H,25,27). The number of benzene rings is 2. The molecule has 0 heterocycles. The number of halogens is 2. The van der Waals surface area contributed by atoms with E-state index in [1.54, 1.807) is 13.2 Å². The van der Waals surface area contributed by atoms with E-state index in [1.807, 2.05) is 19.1 Å². The van der Waals surface area contributed by atoms with Gasteiger partial charge in [0, 0.05) is 25.6 Å². The van der Waals surface area contributed by atoms with Crippen molar-refractivity contribution >= 4 is 11.8 Å². The lowest BCUT2D eigenvalue weighted by Crippen LogP contribution is -2.35. The van der Waals surface area contributed by atoms with Crippen molar-refractivity contribution in [2.24, 2.45) is 0 Å². The number of carbonyl (C=O) groups excluding carboxylic acids is 2. The van der Waals surface area contributed by atoms with E-state index in [0.29, 0.717) is 30.6 Å². The average molecular weight is 406 g/mol. The maximum absolute atomic E-state index is 13.5. The van der Waals surface area contributed by atoms with Crippen molar-refractivity contribution in [3.05, 3.63) is 59.2 Å². The molecule has 0 aliphatic rings. The third-order valence-corrected chi connectivity index (χ3v) is 4.08. The Morgan fingerprint density at radius 3 is 2.45 bits per heavy atom. The number of amides is 2. The molecule has 2 aromatic carbocycles. The van der Waals surface area contributed by atoms with E-state index in [9.17, 15) is 18.4 Å². The molecule has 0 atom stereocenters. The molecule has 0 saturated carbocycles. The number of methoxy groups -OCH3 is 1. The Kier molecular flexibility index (Phi) is 8.39. The molecule has 2 rings (SSSR count). The first-order valence-electron chi connectivity index (χ1n) is 9.24. The molecule has 0 radical (unpaired) electrons. The molecule has 2 N–H and O–H groups in total. The lowest BCUT2D eigenvalue weighted by atomic mass is 10.1. The van der Waals surface area contributed by atoms with Crippen LogP contribution in [0, 0.1) is 11.6 Å². The molecular formula is C21H24F2N2O4. The fourth-order valence-corrected chi connectivity index (χ4v) is 2.64. The van der Waals surface area contributed by atoms with Crippen LogP contribution < -0.4 is 20.1 Å². The summed E-state index contributed by atoms with van der Waals surface area (Å²) in [7, 11) is 1.56. The Morgan fingerprint density at radius 2 is 1.76 bits per heavy atom. The summed E-state index contributed by atoms with van der Waals surface area (Å²) in [6.07, 6.45) is 0.777. The zero-order valence-corrected chi connectivity index (χ0v) is 16.4. The second kappa shape index (κ2) is 11.0. The smallest absolute Gasteiger partial charge is 0.254 e. The summed E-state index contributed by atoms with van der Waals surface area (Å²) in [5.74, 6) is -1.27. The number of ether oxygens (including phenoxy) is 2. The SMILES string of the molecule is CCOc1ccc(CCC(=O)NCCNC(=O)c2ccc(F)cc2F)cc1OC. The fourth-order valence-electron chi connectivity index (χ4n) is 2.64. The molecule has 0 fully saturated rings. The summed E-state index contributed by atoms with van der Waals surface area (Å²) in [5, 5.41) is 5.16. The van der Waals surface area contributed by atoms with Crippen LogP contribution in [-0.2, 0) is 11.2 Å². The molecule has 156 valence electrons. The van der Waals surface area contributed by atoms with Crippen molar-refractivity contribution in [1.29, 1.82) is 0 Å². The van der Waals surface area contributed by atoms with E-state index in [1.165, 1.54) is 0 Å². The van der Waals surface area contributed by atoms with Crippen molar-refractivity contribution in [2.75, 3.05) is 26.8 Å². The average Bonchev–Trinajstić information content (AvgIpc) is 2.70. The zero-order valence-electron chi connectivity index (χ0n) is 16.4. The number of rotatable bonds is 10. The Morgan fingerprint density at radius 1 is 1.00 bits per heavy atom. The van der Waals surface area contributed by atoms with Gasteiger partial charge in [0.1, 0.15) is 11.6 Å². The molecule has 6 nitrogen and oxygen atoms in total. The Labute approximate surface area is 168 Å². The Bertz CT molecular complexity index is 859. The van der Waals surface area contributed by atoms with E-state index >= 15 is 0 Å². The summed E-state index contributed by atoms with van der Waals surface area (Å²) < 4.78 is 37.1. The van der Waals surface area contributed by atoms with Crippen LogP contribution in [0.3, 0.4) is 0 Å². The molecule has 0 aromatic heterocycles. The van der Waals surface area contributed by atoms with Crippen LogP contribution in [0.1, 0.15) is 29.3 Å². The molecule has 0 aliphatic heterocycles. The van der Waals surface area contributed by atoms with Gasteiger partial charge in [0.15, 0.2) is 11.5 Å². The summed E-state index contributed by atoms with van der Waals surface area (Å²) in [6, 6.07) is 8.24. The molecule has 2 amide bonds. The summed E-state index contributed by atoms with van der Waals surface area (Å²) >= 11 is 0. The van der Waals surface area contributed by atoms with Crippen molar-refractivity contribution < 1.29 is 27.8 Å². The molecule has 0 unspecified atom stereocenters. The molecular weight excluding hydrogens is 382 g/mol. The fraction of sp³-hybridized carbons (Fsp3) is 0.333. The zero-order chi connectivity index (χ0) is 21.2. The Hall–Kier alpha value is -3.16. The van der Waals surface area contributed by atoms with Crippen molar-refractivity contribution in [2.45, 2.75) is 19.8 Å². The minimum atomic E-state index is -0.933. The van der Waals surface area contributed by atoms with Gasteiger partial charge in [-0.15, -0.1) is 0 Å². The number of nitrogens with one attached hydrogen (secondary N) is 2. The van der Waals surface area contributed by atoms with Gasteiger partial charge in [-0.25, -0.2) is 8.78 Å². The first kappa shape index (κ1) is 22.1. The van der Waals surface area contributed by atoms with Crippen LogP contribution >= 0.6 is 0 Å². The van der Waals surface area contributed by atoms with E-state index in [0.717, 1.165) is 17.7 Å². The third-order valence-electron chi connectivity index (χ3n) is 4.08. The van der Waals surface area contributed by atoms with Crippen LogP contribution in [0.4, 0.5) is 8.78 Å². The number of carbonyl (C=O) groups is 2. The number of hydrogen-bond acceptors (Lipinski definition) is 4. The normalized spacial score (nSPS) is 10.3. The van der Waals surface area contributed by atoms with Gasteiger partial charge in [0.25, 0.3) is 5.91 Å². The second-order valence-corrected chi connectivity index (χ2v) is 6.15. The molecule has 2 aromatic rings. The summed E-state index contributed by atoms with van der Waals surface area (Å²) in [6.45, 7) is 2.73. The van der Waals surface area contributed by atoms with E-state index < -0.39 is 17.5 Å². The maximum atomic E-state index is 13.5. The first-order valence-corrected chi connectivity index (χ1v) is 9.24. The topological polar surface area (TPSA) is 76.7 Å². The van der Waals surface area contributed by atoms with Gasteiger partial charge in [-0.05, 0) is 43.2 Å². The van der Waals surface area contributed by atoms with Gasteiger partial charge >= 0.3 is 0 Å². The molecule has 8 heteroatoms. The molecule has 0 saturated heterocycles. The number of aryl methyl sites for hydroxylation is 1. The molecule has 0 spiro atoms. The van der Waals surface area contributed by atoms with Crippen molar-refractivity contribution in [3.8, 4) is 11.5 Å². The van der Waals surface area contributed by atoms with E-state index in [4.69, 9.17) is 9.47 Å². The molecule has 0 aliphatic carbocycles. The highest BCUT2D eigenvalue weighted by Gasteiger charge is 2.12. The lowest BCUT2D eigenvalue weighted by molar-refractivity contribution is -0.121. The first-order chi connectivity index (χ1) is 13.9. The highest BCUT2D eigenvalue weighted by molar-refractivity contribution is 5.94. The van der Waals surface area contributed by atoms with Crippen LogP contribution in [0.2, 0.25) is 0 Å². The van der Waals surface area contributed by atoms with Gasteiger partial charge < -0.3 is 20.1 Å². The Balaban J connectivity index is 1.73. The largest absolute Gasteiger partial charge is 0.493 e. The van der Waals surface area contributed by atoms with Crippen LogP contribution in [0.15, 0.2) is 36.4 Å². The minimum absolute atomic E-state index is 0.123. The third kappa shape index (κ3) is 6.74. The molecule has 29 heavy (non-hydrogen) atoms. The summed E-state index contributed by atoms with van der Waals surface area (Å²) in [5.41, 5.74) is 0.683. The predicted octanol–water partition coefficient (Wildman–Crippen LogP) is 2.85. The van der Waals surface area contributed by atoms with Crippen molar-refractivity contribution in [1.82, 2.24) is 10.6 Å².